The molecule has 2 aromatic rings. The van der Waals surface area contributed by atoms with Gasteiger partial charge in [-0.3, -0.25) is 0 Å². The van der Waals surface area contributed by atoms with E-state index in [1.54, 1.807) is 11.3 Å². The van der Waals surface area contributed by atoms with E-state index >= 15 is 0 Å². The smallest absolute Gasteiger partial charge is 0.188 e. The molecule has 2 aromatic heterocycles. The third-order valence-electron chi connectivity index (χ3n) is 4.18. The summed E-state index contributed by atoms with van der Waals surface area (Å²) in [6, 6.07) is 8.38. The molecular formula is C18H26IN5S. The monoisotopic (exact) mass is 471 g/mol. The van der Waals surface area contributed by atoms with E-state index in [1.165, 1.54) is 17.7 Å². The Morgan fingerprint density at radius 3 is 2.84 bits per heavy atom. The van der Waals surface area contributed by atoms with Crippen molar-refractivity contribution in [3.05, 3.63) is 45.8 Å². The van der Waals surface area contributed by atoms with Gasteiger partial charge in [-0.2, -0.15) is 0 Å². The van der Waals surface area contributed by atoms with Gasteiger partial charge in [0.25, 0.3) is 0 Å². The molecule has 1 aliphatic heterocycles. The molecule has 0 saturated carbocycles. The van der Waals surface area contributed by atoms with Crippen molar-refractivity contribution in [1.29, 1.82) is 0 Å². The van der Waals surface area contributed by atoms with E-state index in [4.69, 9.17) is 10.7 Å². The number of aromatic nitrogens is 1. The van der Waals surface area contributed by atoms with Gasteiger partial charge in [-0.05, 0) is 43.7 Å². The van der Waals surface area contributed by atoms with Crippen LogP contribution in [0.25, 0.3) is 0 Å². The van der Waals surface area contributed by atoms with E-state index in [-0.39, 0.29) is 24.0 Å². The normalized spacial score (nSPS) is 14.4. The molecule has 0 unspecified atom stereocenters. The molecule has 1 saturated heterocycles. The fourth-order valence-electron chi connectivity index (χ4n) is 2.89. The van der Waals surface area contributed by atoms with Crippen molar-refractivity contribution in [2.45, 2.75) is 32.7 Å². The van der Waals surface area contributed by atoms with Gasteiger partial charge >= 0.3 is 0 Å². The van der Waals surface area contributed by atoms with E-state index in [2.05, 4.69) is 38.8 Å². The van der Waals surface area contributed by atoms with Gasteiger partial charge in [0.1, 0.15) is 5.82 Å². The first kappa shape index (κ1) is 20.0. The summed E-state index contributed by atoms with van der Waals surface area (Å²) in [4.78, 5) is 12.9. The predicted octanol–water partition coefficient (Wildman–Crippen LogP) is 3.32. The van der Waals surface area contributed by atoms with Crippen molar-refractivity contribution < 1.29 is 0 Å². The Kier molecular flexibility index (Phi) is 7.95. The Hall–Kier alpha value is -1.35. The number of aryl methyl sites for hydroxylation is 1. The van der Waals surface area contributed by atoms with Crippen LogP contribution >= 0.6 is 35.3 Å². The molecule has 7 heteroatoms. The first-order valence-corrected chi connectivity index (χ1v) is 9.38. The number of thiophene rings is 1. The van der Waals surface area contributed by atoms with E-state index in [0.29, 0.717) is 12.5 Å². The fourth-order valence-corrected chi connectivity index (χ4v) is 3.60. The molecule has 0 amide bonds. The lowest BCUT2D eigenvalue weighted by atomic mass is 10.2. The van der Waals surface area contributed by atoms with Crippen LogP contribution in [-0.4, -0.2) is 30.6 Å². The van der Waals surface area contributed by atoms with Gasteiger partial charge in [-0.1, -0.05) is 12.1 Å². The summed E-state index contributed by atoms with van der Waals surface area (Å²) < 4.78 is 0. The van der Waals surface area contributed by atoms with Crippen LogP contribution in [0.2, 0.25) is 0 Å². The molecule has 1 aliphatic rings. The quantitative estimate of drug-likeness (QED) is 0.386. The molecule has 3 heterocycles. The zero-order chi connectivity index (χ0) is 16.8. The Bertz CT molecular complexity index is 681. The zero-order valence-electron chi connectivity index (χ0n) is 14.6. The number of guanidine groups is 1. The number of anilines is 1. The van der Waals surface area contributed by atoms with Crippen molar-refractivity contribution in [3.63, 3.8) is 0 Å². The molecule has 5 nitrogen and oxygen atoms in total. The molecule has 136 valence electrons. The highest BCUT2D eigenvalue weighted by Crippen LogP contribution is 2.23. The largest absolute Gasteiger partial charge is 0.370 e. The fraction of sp³-hybridized carbons (Fsp3) is 0.444. The highest BCUT2D eigenvalue weighted by atomic mass is 127. The number of hydrogen-bond acceptors (Lipinski definition) is 4. The van der Waals surface area contributed by atoms with Crippen molar-refractivity contribution in [3.8, 4) is 0 Å². The van der Waals surface area contributed by atoms with Crippen LogP contribution < -0.4 is 16.0 Å². The van der Waals surface area contributed by atoms with Crippen LogP contribution in [0.5, 0.6) is 0 Å². The topological polar surface area (TPSA) is 66.5 Å². The molecule has 3 rings (SSSR count). The maximum absolute atomic E-state index is 6.00. The summed E-state index contributed by atoms with van der Waals surface area (Å²) >= 11 is 1.77. The molecule has 25 heavy (non-hydrogen) atoms. The van der Waals surface area contributed by atoms with Crippen LogP contribution in [0.4, 0.5) is 5.82 Å². The van der Waals surface area contributed by atoms with Crippen LogP contribution in [0.1, 0.15) is 29.0 Å². The number of hydrogen-bond donors (Lipinski definition) is 2. The molecule has 0 spiro atoms. The number of aliphatic imine (C=N–C) groups is 1. The van der Waals surface area contributed by atoms with Gasteiger partial charge in [0.05, 0.1) is 6.54 Å². The highest BCUT2D eigenvalue weighted by molar-refractivity contribution is 14.0. The summed E-state index contributed by atoms with van der Waals surface area (Å²) in [5.74, 6) is 1.57. The lowest BCUT2D eigenvalue weighted by Gasteiger charge is -2.20. The maximum Gasteiger partial charge on any atom is 0.188 e. The number of nitrogens with one attached hydrogen (secondary N) is 1. The maximum atomic E-state index is 6.00. The highest BCUT2D eigenvalue weighted by Gasteiger charge is 2.17. The molecule has 0 bridgehead atoms. The second kappa shape index (κ2) is 9.96. The average Bonchev–Trinajstić information content (AvgIpc) is 3.27. The van der Waals surface area contributed by atoms with E-state index in [0.717, 1.165) is 43.1 Å². The second-order valence-electron chi connectivity index (χ2n) is 6.09. The number of nitrogens with zero attached hydrogens (tertiary/aromatic N) is 3. The summed E-state index contributed by atoms with van der Waals surface area (Å²) in [6.07, 6.45) is 3.45. The van der Waals surface area contributed by atoms with Gasteiger partial charge in [0.15, 0.2) is 5.96 Å². The summed E-state index contributed by atoms with van der Waals surface area (Å²) in [7, 11) is 0. The molecule has 0 radical (unpaired) electrons. The Morgan fingerprint density at radius 1 is 1.32 bits per heavy atom. The van der Waals surface area contributed by atoms with Gasteiger partial charge < -0.3 is 16.0 Å². The minimum Gasteiger partial charge on any atom is -0.370 e. The lowest BCUT2D eigenvalue weighted by Crippen LogP contribution is -2.33. The van der Waals surface area contributed by atoms with Crippen LogP contribution in [0, 0.1) is 6.92 Å². The standard InChI is InChI=1S/C18H25N5S.HI/c1-14-6-7-15(17(22-14)23-10-2-3-11-23)13-21-18(19)20-9-8-16-5-4-12-24-16;/h4-7,12H,2-3,8-11,13H2,1H3,(H3,19,20,21);1H. The summed E-state index contributed by atoms with van der Waals surface area (Å²) in [5, 5.41) is 5.29. The average molecular weight is 471 g/mol. The van der Waals surface area contributed by atoms with E-state index in [9.17, 15) is 0 Å². The van der Waals surface area contributed by atoms with Gasteiger partial charge in [-0.25, -0.2) is 9.98 Å². The van der Waals surface area contributed by atoms with Crippen molar-refractivity contribution in [1.82, 2.24) is 10.3 Å². The van der Waals surface area contributed by atoms with Gasteiger partial charge in [0.2, 0.25) is 0 Å². The summed E-state index contributed by atoms with van der Waals surface area (Å²) in [6.45, 7) is 5.58. The Labute approximate surface area is 170 Å². The minimum absolute atomic E-state index is 0. The van der Waals surface area contributed by atoms with E-state index in [1.807, 2.05) is 13.0 Å². The van der Waals surface area contributed by atoms with Gasteiger partial charge in [-0.15, -0.1) is 35.3 Å². The van der Waals surface area contributed by atoms with Crippen LogP contribution in [0.3, 0.4) is 0 Å². The van der Waals surface area contributed by atoms with Crippen LogP contribution in [-0.2, 0) is 13.0 Å². The molecule has 0 aliphatic carbocycles. The van der Waals surface area contributed by atoms with Crippen molar-refractivity contribution in [2.75, 3.05) is 24.5 Å². The first-order chi connectivity index (χ1) is 11.7. The number of halogens is 1. The zero-order valence-corrected chi connectivity index (χ0v) is 17.7. The Balaban J connectivity index is 0.00000225. The van der Waals surface area contributed by atoms with Crippen LogP contribution in [0.15, 0.2) is 34.6 Å². The SMILES string of the molecule is Cc1ccc(CN=C(N)NCCc2cccs2)c(N2CCCC2)n1.I. The third kappa shape index (κ3) is 5.85. The van der Waals surface area contributed by atoms with Gasteiger partial charge in [0, 0.05) is 35.8 Å². The third-order valence-corrected chi connectivity index (χ3v) is 5.11. The number of rotatable bonds is 6. The molecule has 0 aromatic carbocycles. The molecule has 1 fully saturated rings. The lowest BCUT2D eigenvalue weighted by molar-refractivity contribution is 0.851. The second-order valence-corrected chi connectivity index (χ2v) is 7.12. The predicted molar refractivity (Wildman–Crippen MR) is 117 cm³/mol. The van der Waals surface area contributed by atoms with Crippen molar-refractivity contribution >= 4 is 47.1 Å². The summed E-state index contributed by atoms with van der Waals surface area (Å²) in [5.41, 5.74) is 8.19. The van der Waals surface area contributed by atoms with E-state index < -0.39 is 0 Å². The molecule has 0 atom stereocenters. The Morgan fingerprint density at radius 2 is 2.12 bits per heavy atom. The molecule has 3 N–H and O–H groups in total. The first-order valence-electron chi connectivity index (χ1n) is 8.50. The van der Waals surface area contributed by atoms with Crippen molar-refractivity contribution in [2.24, 2.45) is 10.7 Å². The number of pyridine rings is 1. The number of nitrogens with two attached hydrogens (primary N) is 1. The minimum atomic E-state index is 0. The molecular weight excluding hydrogens is 445 g/mol.